The van der Waals surface area contributed by atoms with Crippen molar-refractivity contribution < 1.29 is 9.18 Å². The number of nitrogens with zero attached hydrogens (tertiary/aromatic N) is 3. The van der Waals surface area contributed by atoms with E-state index in [1.807, 2.05) is 12.1 Å². The minimum Gasteiger partial charge on any atom is -0.347 e. The summed E-state index contributed by atoms with van der Waals surface area (Å²) in [6.45, 7) is 3.31. The zero-order valence-electron chi connectivity index (χ0n) is 14.4. The molecule has 26 heavy (non-hydrogen) atoms. The second-order valence-corrected chi connectivity index (χ2v) is 7.51. The van der Waals surface area contributed by atoms with Crippen LogP contribution in [0.5, 0.6) is 0 Å². The van der Waals surface area contributed by atoms with Gasteiger partial charge in [-0.1, -0.05) is 11.3 Å². The second kappa shape index (κ2) is 6.99. The SMILES string of the molecule is Cc1cc(F)ccc1NC(=O)[C@@H]1CCCN(c2nc3cccnc3s2)C1. The third-order valence-corrected chi connectivity index (χ3v) is 5.70. The van der Waals surface area contributed by atoms with E-state index in [2.05, 4.69) is 20.2 Å². The molecule has 0 bridgehead atoms. The van der Waals surface area contributed by atoms with Crippen LogP contribution >= 0.6 is 11.3 Å². The van der Waals surface area contributed by atoms with E-state index in [1.165, 1.54) is 12.1 Å². The van der Waals surface area contributed by atoms with E-state index >= 15 is 0 Å². The molecule has 0 aliphatic carbocycles. The summed E-state index contributed by atoms with van der Waals surface area (Å²) in [5.41, 5.74) is 2.28. The summed E-state index contributed by atoms with van der Waals surface area (Å²) in [5.74, 6) is -0.439. The highest BCUT2D eigenvalue weighted by molar-refractivity contribution is 7.21. The summed E-state index contributed by atoms with van der Waals surface area (Å²) in [5, 5.41) is 3.86. The quantitative estimate of drug-likeness (QED) is 0.757. The van der Waals surface area contributed by atoms with E-state index in [4.69, 9.17) is 0 Å². The van der Waals surface area contributed by atoms with Crippen molar-refractivity contribution in [1.29, 1.82) is 0 Å². The third-order valence-electron chi connectivity index (χ3n) is 4.66. The van der Waals surface area contributed by atoms with E-state index in [0.29, 0.717) is 12.2 Å². The molecule has 134 valence electrons. The van der Waals surface area contributed by atoms with Gasteiger partial charge in [0.25, 0.3) is 0 Å². The van der Waals surface area contributed by atoms with Gasteiger partial charge in [0.15, 0.2) is 5.13 Å². The number of aryl methyl sites for hydroxylation is 1. The first-order chi connectivity index (χ1) is 12.6. The molecule has 1 aromatic carbocycles. The number of fused-ring (bicyclic) bond motifs is 1. The lowest BCUT2D eigenvalue weighted by atomic mass is 9.97. The molecule has 1 aliphatic heterocycles. The van der Waals surface area contributed by atoms with Crippen LogP contribution in [0.2, 0.25) is 0 Å². The van der Waals surface area contributed by atoms with Gasteiger partial charge in [-0.2, -0.15) is 0 Å². The third kappa shape index (κ3) is 3.39. The molecule has 1 saturated heterocycles. The number of pyridine rings is 1. The lowest BCUT2D eigenvalue weighted by Crippen LogP contribution is -2.40. The number of halogens is 1. The maximum atomic E-state index is 13.2. The van der Waals surface area contributed by atoms with Crippen molar-refractivity contribution in [3.05, 3.63) is 47.9 Å². The molecule has 3 aromatic rings. The summed E-state index contributed by atoms with van der Waals surface area (Å²) in [6.07, 6.45) is 3.54. The number of rotatable bonds is 3. The minimum absolute atomic E-state index is 0.0244. The van der Waals surface area contributed by atoms with Crippen molar-refractivity contribution in [2.75, 3.05) is 23.3 Å². The lowest BCUT2D eigenvalue weighted by molar-refractivity contribution is -0.120. The molecule has 1 aliphatic rings. The van der Waals surface area contributed by atoms with Crippen LogP contribution < -0.4 is 10.2 Å². The second-order valence-electron chi connectivity index (χ2n) is 6.56. The Kier molecular flexibility index (Phi) is 4.55. The largest absolute Gasteiger partial charge is 0.347 e. The fourth-order valence-electron chi connectivity index (χ4n) is 3.26. The average molecular weight is 370 g/mol. The van der Waals surface area contributed by atoms with Gasteiger partial charge in [0.05, 0.1) is 5.92 Å². The number of carbonyl (C=O) groups excluding carboxylic acids is 1. The Bertz CT molecular complexity index is 925. The summed E-state index contributed by atoms with van der Waals surface area (Å²) in [6, 6.07) is 8.24. The molecular formula is C19H19FN4OS. The van der Waals surface area contributed by atoms with Crippen LogP contribution in [0.25, 0.3) is 10.3 Å². The van der Waals surface area contributed by atoms with Crippen molar-refractivity contribution >= 4 is 38.4 Å². The van der Waals surface area contributed by atoms with E-state index in [0.717, 1.165) is 40.4 Å². The highest BCUT2D eigenvalue weighted by Crippen LogP contribution is 2.30. The average Bonchev–Trinajstić information content (AvgIpc) is 3.08. The Morgan fingerprint density at radius 1 is 1.38 bits per heavy atom. The van der Waals surface area contributed by atoms with Gasteiger partial charge in [-0.05, 0) is 55.7 Å². The van der Waals surface area contributed by atoms with Gasteiger partial charge in [0.1, 0.15) is 16.2 Å². The fraction of sp³-hybridized carbons (Fsp3) is 0.316. The first-order valence-corrected chi connectivity index (χ1v) is 9.45. The number of piperidine rings is 1. The monoisotopic (exact) mass is 370 g/mol. The van der Waals surface area contributed by atoms with Crippen LogP contribution in [0.3, 0.4) is 0 Å². The van der Waals surface area contributed by atoms with Crippen LogP contribution in [0.15, 0.2) is 36.5 Å². The number of thiazole rings is 1. The van der Waals surface area contributed by atoms with E-state index in [1.54, 1.807) is 30.5 Å². The maximum absolute atomic E-state index is 13.2. The van der Waals surface area contributed by atoms with Crippen molar-refractivity contribution in [3.63, 3.8) is 0 Å². The molecular weight excluding hydrogens is 351 g/mol. The molecule has 0 spiro atoms. The smallest absolute Gasteiger partial charge is 0.229 e. The molecule has 1 amide bonds. The van der Waals surface area contributed by atoms with Crippen molar-refractivity contribution in [3.8, 4) is 0 Å². The Balaban J connectivity index is 1.48. The number of anilines is 2. The molecule has 0 unspecified atom stereocenters. The Morgan fingerprint density at radius 3 is 3.08 bits per heavy atom. The fourth-order valence-corrected chi connectivity index (χ4v) is 4.20. The summed E-state index contributed by atoms with van der Waals surface area (Å²) >= 11 is 1.56. The standard InChI is InChI=1S/C19H19FN4OS/c1-12-10-14(20)6-7-15(12)22-17(25)13-4-3-9-24(11-13)19-23-16-5-2-8-21-18(16)26-19/h2,5-8,10,13H,3-4,9,11H2,1H3,(H,22,25)/t13-/m1/s1. The predicted molar refractivity (Wildman–Crippen MR) is 102 cm³/mol. The number of hydrogen-bond donors (Lipinski definition) is 1. The first kappa shape index (κ1) is 16.9. The Morgan fingerprint density at radius 2 is 2.27 bits per heavy atom. The molecule has 7 heteroatoms. The first-order valence-electron chi connectivity index (χ1n) is 8.63. The van der Waals surface area contributed by atoms with Gasteiger partial charge < -0.3 is 10.2 Å². The van der Waals surface area contributed by atoms with E-state index in [-0.39, 0.29) is 17.6 Å². The molecule has 0 saturated carbocycles. The molecule has 1 atom stereocenters. The maximum Gasteiger partial charge on any atom is 0.229 e. The van der Waals surface area contributed by atoms with Crippen LogP contribution in [-0.2, 0) is 4.79 Å². The Hall–Kier alpha value is -2.54. The van der Waals surface area contributed by atoms with Gasteiger partial charge in [0.2, 0.25) is 5.91 Å². The van der Waals surface area contributed by atoms with E-state index < -0.39 is 0 Å². The molecule has 0 radical (unpaired) electrons. The number of benzene rings is 1. The summed E-state index contributed by atoms with van der Waals surface area (Å²) in [7, 11) is 0. The van der Waals surface area contributed by atoms with Crippen molar-refractivity contribution in [2.24, 2.45) is 5.92 Å². The number of amides is 1. The van der Waals surface area contributed by atoms with Gasteiger partial charge in [0, 0.05) is 25.0 Å². The van der Waals surface area contributed by atoms with Crippen LogP contribution in [0, 0.1) is 18.7 Å². The van der Waals surface area contributed by atoms with Gasteiger partial charge in [-0.15, -0.1) is 0 Å². The number of hydrogen-bond acceptors (Lipinski definition) is 5. The summed E-state index contributed by atoms with van der Waals surface area (Å²) in [4.78, 5) is 24.8. The molecule has 5 nitrogen and oxygen atoms in total. The number of carbonyl (C=O) groups is 1. The van der Waals surface area contributed by atoms with Crippen LogP contribution in [-0.4, -0.2) is 29.0 Å². The normalized spacial score (nSPS) is 17.5. The van der Waals surface area contributed by atoms with Crippen LogP contribution in [0.1, 0.15) is 18.4 Å². The molecule has 1 N–H and O–H groups in total. The molecule has 4 rings (SSSR count). The van der Waals surface area contributed by atoms with E-state index in [9.17, 15) is 9.18 Å². The number of aromatic nitrogens is 2. The Labute approximate surface area is 154 Å². The van der Waals surface area contributed by atoms with Crippen molar-refractivity contribution in [1.82, 2.24) is 9.97 Å². The van der Waals surface area contributed by atoms with Gasteiger partial charge in [-0.3, -0.25) is 4.79 Å². The highest BCUT2D eigenvalue weighted by atomic mass is 32.1. The topological polar surface area (TPSA) is 58.1 Å². The zero-order chi connectivity index (χ0) is 18.1. The molecule has 3 heterocycles. The lowest BCUT2D eigenvalue weighted by Gasteiger charge is -2.31. The zero-order valence-corrected chi connectivity index (χ0v) is 15.2. The minimum atomic E-state index is -0.297. The van der Waals surface area contributed by atoms with Gasteiger partial charge in [-0.25, -0.2) is 14.4 Å². The summed E-state index contributed by atoms with van der Waals surface area (Å²) < 4.78 is 13.2. The van der Waals surface area contributed by atoms with Gasteiger partial charge >= 0.3 is 0 Å². The highest BCUT2D eigenvalue weighted by Gasteiger charge is 2.27. The van der Waals surface area contributed by atoms with Crippen molar-refractivity contribution in [2.45, 2.75) is 19.8 Å². The number of nitrogens with one attached hydrogen (secondary N) is 1. The van der Waals surface area contributed by atoms with Crippen LogP contribution in [0.4, 0.5) is 15.2 Å². The molecule has 1 fully saturated rings. The molecule has 2 aromatic heterocycles. The predicted octanol–water partition coefficient (Wildman–Crippen LogP) is 3.99.